The molecule has 3 heterocycles. The van der Waals surface area contributed by atoms with Crippen LogP contribution in [0.5, 0.6) is 11.6 Å². The maximum Gasteiger partial charge on any atom is 0.421 e. The Bertz CT molecular complexity index is 1590. The largest absolute Gasteiger partial charge is 0.478 e. The first-order valence-electron chi connectivity index (χ1n) is 12.0. The SMILES string of the molecule is COC[C@H](C)N(C(=O)c1ccc(I)cn1)c1cc(F)c(Oc2ncc(Cn3nccn3)cc2C(F)(F)F)cc1C(=O)O. The van der Waals surface area contributed by atoms with E-state index in [9.17, 15) is 27.9 Å². The Labute approximate surface area is 249 Å². The van der Waals surface area contributed by atoms with Gasteiger partial charge in [0.1, 0.15) is 11.3 Å². The summed E-state index contributed by atoms with van der Waals surface area (Å²) in [5.41, 5.74) is -2.31. The normalized spacial score (nSPS) is 12.2. The molecule has 42 heavy (non-hydrogen) atoms. The number of aromatic carboxylic acids is 1. The molecule has 11 nitrogen and oxygen atoms in total. The molecule has 1 atom stereocenters. The van der Waals surface area contributed by atoms with Gasteiger partial charge in [-0.3, -0.25) is 4.79 Å². The van der Waals surface area contributed by atoms with E-state index >= 15 is 4.39 Å². The van der Waals surface area contributed by atoms with Crippen molar-refractivity contribution in [3.05, 3.63) is 86.9 Å². The number of hydrogen-bond acceptors (Lipinski definition) is 8. The summed E-state index contributed by atoms with van der Waals surface area (Å²) >= 11 is 1.99. The fourth-order valence-electron chi connectivity index (χ4n) is 3.94. The zero-order chi connectivity index (χ0) is 30.6. The van der Waals surface area contributed by atoms with E-state index in [0.717, 1.165) is 25.5 Å². The second-order valence-electron chi connectivity index (χ2n) is 8.80. The van der Waals surface area contributed by atoms with Crippen LogP contribution in [0.25, 0.3) is 0 Å². The summed E-state index contributed by atoms with van der Waals surface area (Å²) < 4.78 is 68.2. The number of methoxy groups -OCH3 is 1. The number of alkyl halides is 3. The monoisotopic (exact) mass is 700 g/mol. The van der Waals surface area contributed by atoms with Gasteiger partial charge in [0.05, 0.1) is 42.8 Å². The number of anilines is 1. The van der Waals surface area contributed by atoms with Gasteiger partial charge in [-0.2, -0.15) is 28.2 Å². The van der Waals surface area contributed by atoms with Crippen molar-refractivity contribution in [3.63, 3.8) is 0 Å². The minimum Gasteiger partial charge on any atom is -0.478 e. The van der Waals surface area contributed by atoms with Gasteiger partial charge in [-0.15, -0.1) is 0 Å². The van der Waals surface area contributed by atoms with Gasteiger partial charge in [0.25, 0.3) is 5.91 Å². The molecule has 4 rings (SSSR count). The molecule has 0 radical (unpaired) electrons. The summed E-state index contributed by atoms with van der Waals surface area (Å²) in [5.74, 6) is -5.46. The molecule has 220 valence electrons. The lowest BCUT2D eigenvalue weighted by Crippen LogP contribution is -2.42. The lowest BCUT2D eigenvalue weighted by molar-refractivity contribution is -0.139. The molecule has 16 heteroatoms. The molecule has 1 amide bonds. The molecule has 4 aromatic rings. The minimum atomic E-state index is -4.96. The van der Waals surface area contributed by atoms with Crippen molar-refractivity contribution in [1.82, 2.24) is 25.0 Å². The quantitative estimate of drug-likeness (QED) is 0.178. The summed E-state index contributed by atoms with van der Waals surface area (Å²) in [6.45, 7) is 1.35. The zero-order valence-corrected chi connectivity index (χ0v) is 24.0. The van der Waals surface area contributed by atoms with Crippen LogP contribution in [0.4, 0.5) is 23.2 Å². The molecule has 3 aromatic heterocycles. The summed E-state index contributed by atoms with van der Waals surface area (Å²) in [6.07, 6.45) is 0.235. The van der Waals surface area contributed by atoms with Crippen LogP contribution in [-0.2, 0) is 17.5 Å². The third-order valence-electron chi connectivity index (χ3n) is 5.76. The number of carbonyl (C=O) groups excluding carboxylic acids is 1. The number of carboxylic acids is 1. The summed E-state index contributed by atoms with van der Waals surface area (Å²) in [5, 5.41) is 17.6. The van der Waals surface area contributed by atoms with Crippen molar-refractivity contribution in [3.8, 4) is 11.6 Å². The molecule has 1 N–H and O–H groups in total. The van der Waals surface area contributed by atoms with E-state index in [1.165, 1.54) is 31.8 Å². The van der Waals surface area contributed by atoms with E-state index < -0.39 is 52.7 Å². The Morgan fingerprint density at radius 2 is 1.83 bits per heavy atom. The minimum absolute atomic E-state index is 0.0557. The van der Waals surface area contributed by atoms with Crippen molar-refractivity contribution < 1.29 is 41.7 Å². The Balaban J connectivity index is 1.77. The van der Waals surface area contributed by atoms with Gasteiger partial charge in [0.15, 0.2) is 11.6 Å². The summed E-state index contributed by atoms with van der Waals surface area (Å²) in [7, 11) is 1.36. The van der Waals surface area contributed by atoms with Crippen LogP contribution >= 0.6 is 22.6 Å². The molecule has 0 unspecified atom stereocenters. The first kappa shape index (κ1) is 30.8. The van der Waals surface area contributed by atoms with E-state index in [2.05, 4.69) is 20.2 Å². The van der Waals surface area contributed by atoms with E-state index in [1.54, 1.807) is 13.0 Å². The van der Waals surface area contributed by atoms with Gasteiger partial charge in [0.2, 0.25) is 5.88 Å². The topological polar surface area (TPSA) is 133 Å². The van der Waals surface area contributed by atoms with E-state index in [1.807, 2.05) is 22.6 Å². The van der Waals surface area contributed by atoms with Gasteiger partial charge < -0.3 is 19.5 Å². The predicted molar refractivity (Wildman–Crippen MR) is 147 cm³/mol. The fourth-order valence-corrected chi connectivity index (χ4v) is 4.26. The van der Waals surface area contributed by atoms with Crippen LogP contribution in [0.2, 0.25) is 0 Å². The Kier molecular flexibility index (Phi) is 9.35. The molecule has 0 fully saturated rings. The number of amides is 1. The Morgan fingerprint density at radius 1 is 1.12 bits per heavy atom. The molecule has 0 spiro atoms. The Morgan fingerprint density at radius 3 is 2.43 bits per heavy atom. The number of pyridine rings is 2. The molecule has 0 saturated carbocycles. The molecule has 0 saturated heterocycles. The van der Waals surface area contributed by atoms with Crippen molar-refractivity contribution in [2.24, 2.45) is 0 Å². The second kappa shape index (κ2) is 12.8. The van der Waals surface area contributed by atoms with Crippen LogP contribution in [0.3, 0.4) is 0 Å². The van der Waals surface area contributed by atoms with Crippen LogP contribution in [0.15, 0.2) is 55.1 Å². The lowest BCUT2D eigenvalue weighted by atomic mass is 10.1. The highest BCUT2D eigenvalue weighted by atomic mass is 127. The highest BCUT2D eigenvalue weighted by Gasteiger charge is 2.37. The Hall–Kier alpha value is -4.19. The predicted octanol–water partition coefficient (Wildman–Crippen LogP) is 5.05. The van der Waals surface area contributed by atoms with Crippen LogP contribution in [0.1, 0.15) is 38.9 Å². The maximum absolute atomic E-state index is 15.4. The summed E-state index contributed by atoms with van der Waals surface area (Å²) in [6, 6.07) is 4.36. The lowest BCUT2D eigenvalue weighted by Gasteiger charge is -2.30. The number of carboxylic acid groups (broad SMARTS) is 1. The third-order valence-corrected chi connectivity index (χ3v) is 6.40. The van der Waals surface area contributed by atoms with Crippen LogP contribution in [0, 0.1) is 9.39 Å². The first-order chi connectivity index (χ1) is 19.9. The number of benzene rings is 1. The fraction of sp³-hybridized carbons (Fsp3) is 0.231. The molecular formula is C26H21F4IN6O5. The summed E-state index contributed by atoms with van der Waals surface area (Å²) in [4.78, 5) is 35.6. The van der Waals surface area contributed by atoms with Gasteiger partial charge in [-0.25, -0.2) is 19.2 Å². The second-order valence-corrected chi connectivity index (χ2v) is 10.0. The maximum atomic E-state index is 15.4. The van der Waals surface area contributed by atoms with Gasteiger partial charge in [-0.1, -0.05) is 0 Å². The molecule has 0 aliphatic heterocycles. The highest BCUT2D eigenvalue weighted by Crippen LogP contribution is 2.39. The standard InChI is InChI=1S/C26H21F4IN6O5/c1-14(13-41-2)37(24(38)20-4-3-16(31)11-32-20)21-9-19(27)22(8-17(21)25(39)40)42-23-18(26(28,29)30)7-15(10-33-23)12-36-34-5-6-35-36/h3-11,14H,12-13H2,1-2H3,(H,39,40)/t14-/m0/s1. The molecular weight excluding hydrogens is 679 g/mol. The van der Waals surface area contributed by atoms with Gasteiger partial charge in [-0.05, 0) is 53.3 Å². The van der Waals surface area contributed by atoms with Crippen molar-refractivity contribution in [1.29, 1.82) is 0 Å². The molecule has 1 aromatic carbocycles. The number of hydrogen-bond donors (Lipinski definition) is 1. The third kappa shape index (κ3) is 6.99. The molecule has 0 aliphatic rings. The van der Waals surface area contributed by atoms with Crippen LogP contribution in [-0.4, -0.2) is 61.7 Å². The average Bonchev–Trinajstić information content (AvgIpc) is 3.44. The van der Waals surface area contributed by atoms with Gasteiger partial charge in [0, 0.05) is 35.2 Å². The number of carbonyl (C=O) groups is 2. The first-order valence-corrected chi connectivity index (χ1v) is 13.1. The van der Waals surface area contributed by atoms with E-state index in [4.69, 9.17) is 9.47 Å². The number of aromatic nitrogens is 5. The van der Waals surface area contributed by atoms with Crippen molar-refractivity contribution in [2.75, 3.05) is 18.6 Å². The highest BCUT2D eigenvalue weighted by molar-refractivity contribution is 14.1. The average molecular weight is 700 g/mol. The number of ether oxygens (including phenoxy) is 2. The number of rotatable bonds is 10. The smallest absolute Gasteiger partial charge is 0.421 e. The number of halogens is 5. The zero-order valence-electron chi connectivity index (χ0n) is 21.8. The van der Waals surface area contributed by atoms with Crippen LogP contribution < -0.4 is 9.64 Å². The number of nitrogens with zero attached hydrogens (tertiary/aromatic N) is 6. The molecule has 0 aliphatic carbocycles. The van der Waals surface area contributed by atoms with Gasteiger partial charge >= 0.3 is 12.1 Å². The van der Waals surface area contributed by atoms with E-state index in [0.29, 0.717) is 12.1 Å². The van der Waals surface area contributed by atoms with E-state index in [-0.39, 0.29) is 30.1 Å². The van der Waals surface area contributed by atoms with Crippen molar-refractivity contribution in [2.45, 2.75) is 25.7 Å². The van der Waals surface area contributed by atoms with Crippen molar-refractivity contribution >= 4 is 40.2 Å². The molecule has 0 bridgehead atoms.